The Morgan fingerprint density at radius 2 is 2.19 bits per heavy atom. The molecule has 1 fully saturated rings. The lowest BCUT2D eigenvalue weighted by atomic mass is 9.72. The number of aromatic hydroxyl groups is 1. The van der Waals surface area contributed by atoms with Crippen LogP contribution in [0.4, 0.5) is 4.39 Å². The summed E-state index contributed by atoms with van der Waals surface area (Å²) in [5.41, 5.74) is -0.576. The molecule has 84 valence electrons. The maximum absolute atomic E-state index is 13.7. The van der Waals surface area contributed by atoms with Crippen molar-refractivity contribution in [2.75, 3.05) is 0 Å². The lowest BCUT2D eigenvalue weighted by molar-refractivity contribution is 0.247. The predicted octanol–water partition coefficient (Wildman–Crippen LogP) is 2.90. The van der Waals surface area contributed by atoms with E-state index in [0.29, 0.717) is 12.8 Å². The van der Waals surface area contributed by atoms with E-state index < -0.39 is 11.4 Å². The quantitative estimate of drug-likeness (QED) is 0.639. The lowest BCUT2D eigenvalue weighted by Gasteiger charge is -2.37. The summed E-state index contributed by atoms with van der Waals surface area (Å²) in [4.78, 5) is 14.0. The maximum Gasteiger partial charge on any atom is 0.235 e. The van der Waals surface area contributed by atoms with Crippen LogP contribution in [0.1, 0.15) is 24.8 Å². The molecule has 0 atom stereocenters. The number of phenols is 1. The number of phenolic OH excluding ortho intramolecular Hbond substituents is 1. The third-order valence-corrected chi connectivity index (χ3v) is 3.28. The maximum atomic E-state index is 13.7. The van der Waals surface area contributed by atoms with Gasteiger partial charge in [0.25, 0.3) is 0 Å². The van der Waals surface area contributed by atoms with E-state index in [1.54, 1.807) is 0 Å². The molecule has 0 unspecified atom stereocenters. The van der Waals surface area contributed by atoms with Gasteiger partial charge in [-0.1, -0.05) is 11.6 Å². The van der Waals surface area contributed by atoms with Crippen LogP contribution in [0.25, 0.3) is 0 Å². The highest BCUT2D eigenvalue weighted by Gasteiger charge is 2.41. The molecule has 1 aliphatic carbocycles. The van der Waals surface area contributed by atoms with Gasteiger partial charge in [-0.15, -0.1) is 0 Å². The number of hydrogen-bond acceptors (Lipinski definition) is 3. The fourth-order valence-corrected chi connectivity index (χ4v) is 2.10. The molecule has 0 amide bonds. The lowest BCUT2D eigenvalue weighted by Crippen LogP contribution is -2.32. The third kappa shape index (κ3) is 1.60. The molecule has 1 N–H and O–H groups in total. The molecule has 0 radical (unpaired) electrons. The number of rotatable bonds is 2. The van der Waals surface area contributed by atoms with Gasteiger partial charge in [0.15, 0.2) is 0 Å². The fraction of sp³-hybridized carbons (Fsp3) is 0.364. The molecule has 0 aromatic heterocycles. The van der Waals surface area contributed by atoms with Gasteiger partial charge in [0.1, 0.15) is 17.1 Å². The van der Waals surface area contributed by atoms with Crippen LogP contribution >= 0.6 is 11.6 Å². The Balaban J connectivity index is 2.54. The summed E-state index contributed by atoms with van der Waals surface area (Å²) >= 11 is 5.72. The van der Waals surface area contributed by atoms with Crippen LogP contribution in [0.2, 0.25) is 5.02 Å². The van der Waals surface area contributed by atoms with Crippen molar-refractivity contribution < 1.29 is 14.3 Å². The zero-order valence-corrected chi connectivity index (χ0v) is 9.09. The van der Waals surface area contributed by atoms with Gasteiger partial charge in [-0.3, -0.25) is 0 Å². The second kappa shape index (κ2) is 3.89. The average molecular weight is 242 g/mol. The van der Waals surface area contributed by atoms with Crippen molar-refractivity contribution in [3.05, 3.63) is 28.5 Å². The minimum atomic E-state index is -0.830. The zero-order valence-electron chi connectivity index (χ0n) is 8.33. The number of carbonyl (C=O) groups excluding carboxylic acids is 1. The van der Waals surface area contributed by atoms with Crippen molar-refractivity contribution in [2.45, 2.75) is 24.8 Å². The van der Waals surface area contributed by atoms with Crippen LogP contribution in [0.15, 0.2) is 17.1 Å². The number of halogens is 2. The van der Waals surface area contributed by atoms with Crippen molar-refractivity contribution in [1.29, 1.82) is 0 Å². The molecule has 3 nitrogen and oxygen atoms in total. The Bertz CT molecular complexity index is 479. The first-order chi connectivity index (χ1) is 7.59. The summed E-state index contributed by atoms with van der Waals surface area (Å²) in [6.45, 7) is 0. The second-order valence-corrected chi connectivity index (χ2v) is 4.28. The van der Waals surface area contributed by atoms with Gasteiger partial charge in [0.05, 0.1) is 5.02 Å². The number of isocyanates is 1. The molecule has 0 heterocycles. The van der Waals surface area contributed by atoms with Gasteiger partial charge in [-0.05, 0) is 25.3 Å². The zero-order chi connectivity index (χ0) is 11.8. The van der Waals surface area contributed by atoms with E-state index in [0.717, 1.165) is 12.5 Å². The van der Waals surface area contributed by atoms with E-state index in [-0.39, 0.29) is 16.3 Å². The summed E-state index contributed by atoms with van der Waals surface area (Å²) in [5, 5.41) is 9.29. The van der Waals surface area contributed by atoms with Crippen LogP contribution in [0, 0.1) is 5.82 Å². The van der Waals surface area contributed by atoms with Gasteiger partial charge < -0.3 is 5.11 Å². The molecule has 16 heavy (non-hydrogen) atoms. The number of aliphatic imine (C=N–C) groups is 1. The Labute approximate surface area is 96.6 Å². The summed E-state index contributed by atoms with van der Waals surface area (Å²) in [6.07, 6.45) is 3.55. The van der Waals surface area contributed by atoms with E-state index in [4.69, 9.17) is 11.6 Å². The standard InChI is InChI=1S/C11H9ClFNO2/c12-8-4-7(9(13)5-10(8)16)11(14-6-15)2-1-3-11/h4-5,16H,1-3H2. The Morgan fingerprint density at radius 1 is 1.50 bits per heavy atom. The van der Waals surface area contributed by atoms with Crippen LogP contribution < -0.4 is 0 Å². The minimum absolute atomic E-state index is 0.0590. The monoisotopic (exact) mass is 241 g/mol. The number of hydrogen-bond donors (Lipinski definition) is 1. The van der Waals surface area contributed by atoms with E-state index in [2.05, 4.69) is 4.99 Å². The summed E-state index contributed by atoms with van der Waals surface area (Å²) in [6, 6.07) is 2.27. The molecule has 0 aliphatic heterocycles. The largest absolute Gasteiger partial charge is 0.506 e. The predicted molar refractivity (Wildman–Crippen MR) is 56.7 cm³/mol. The summed E-state index contributed by atoms with van der Waals surface area (Å²) < 4.78 is 13.7. The second-order valence-electron chi connectivity index (χ2n) is 3.87. The van der Waals surface area contributed by atoms with Crippen LogP contribution in [0.5, 0.6) is 5.75 Å². The molecular formula is C11H9ClFNO2. The normalized spacial score (nSPS) is 17.4. The van der Waals surface area contributed by atoms with Crippen LogP contribution in [-0.4, -0.2) is 11.2 Å². The van der Waals surface area contributed by atoms with Crippen molar-refractivity contribution in [1.82, 2.24) is 0 Å². The Morgan fingerprint density at radius 3 is 2.69 bits per heavy atom. The highest BCUT2D eigenvalue weighted by Crippen LogP contribution is 2.47. The van der Waals surface area contributed by atoms with Gasteiger partial charge in [0.2, 0.25) is 6.08 Å². The molecule has 1 aromatic carbocycles. The van der Waals surface area contributed by atoms with Gasteiger partial charge in [0, 0.05) is 11.6 Å². The molecule has 5 heteroatoms. The van der Waals surface area contributed by atoms with Crippen molar-refractivity contribution >= 4 is 17.7 Å². The molecular weight excluding hydrogens is 233 g/mol. The first kappa shape index (κ1) is 11.1. The van der Waals surface area contributed by atoms with Gasteiger partial charge in [-0.2, -0.15) is 4.99 Å². The number of nitrogens with zero attached hydrogens (tertiary/aromatic N) is 1. The highest BCUT2D eigenvalue weighted by molar-refractivity contribution is 6.32. The van der Waals surface area contributed by atoms with Crippen LogP contribution in [0.3, 0.4) is 0 Å². The van der Waals surface area contributed by atoms with Crippen molar-refractivity contribution in [3.63, 3.8) is 0 Å². The molecule has 2 rings (SSSR count). The minimum Gasteiger partial charge on any atom is -0.506 e. The van der Waals surface area contributed by atoms with E-state index in [9.17, 15) is 14.3 Å². The van der Waals surface area contributed by atoms with Crippen LogP contribution in [-0.2, 0) is 10.3 Å². The Hall–Kier alpha value is -1.38. The SMILES string of the molecule is O=C=NC1(c2cc(Cl)c(O)cc2F)CCC1. The van der Waals surface area contributed by atoms with E-state index in [1.807, 2.05) is 0 Å². The molecule has 0 bridgehead atoms. The Kier molecular flexibility index (Phi) is 2.70. The average Bonchev–Trinajstić information content (AvgIpc) is 2.18. The van der Waals surface area contributed by atoms with Gasteiger partial charge >= 0.3 is 0 Å². The molecule has 1 aromatic rings. The molecule has 1 saturated carbocycles. The first-order valence-corrected chi connectivity index (χ1v) is 5.24. The van der Waals surface area contributed by atoms with Crippen molar-refractivity contribution in [2.24, 2.45) is 4.99 Å². The summed E-state index contributed by atoms with van der Waals surface area (Å²) in [7, 11) is 0. The third-order valence-electron chi connectivity index (χ3n) is 2.98. The number of benzene rings is 1. The molecule has 1 aliphatic rings. The van der Waals surface area contributed by atoms with E-state index >= 15 is 0 Å². The van der Waals surface area contributed by atoms with Gasteiger partial charge in [-0.25, -0.2) is 9.18 Å². The molecule has 0 spiro atoms. The van der Waals surface area contributed by atoms with E-state index in [1.165, 1.54) is 12.1 Å². The molecule has 0 saturated heterocycles. The smallest absolute Gasteiger partial charge is 0.235 e. The fourth-order valence-electron chi connectivity index (χ4n) is 1.93. The highest BCUT2D eigenvalue weighted by atomic mass is 35.5. The topological polar surface area (TPSA) is 49.7 Å². The summed E-state index contributed by atoms with van der Waals surface area (Å²) in [5.74, 6) is -0.909. The first-order valence-electron chi connectivity index (χ1n) is 4.86. The van der Waals surface area contributed by atoms with Crippen molar-refractivity contribution in [3.8, 4) is 5.75 Å².